The maximum atomic E-state index is 13.2. The lowest BCUT2D eigenvalue weighted by Gasteiger charge is -2.11. The van der Waals surface area contributed by atoms with Gasteiger partial charge in [-0.1, -0.05) is 17.7 Å². The molecule has 0 saturated heterocycles. The largest absolute Gasteiger partial charge is 0.481 e. The summed E-state index contributed by atoms with van der Waals surface area (Å²) in [6.07, 6.45) is 0. The van der Waals surface area contributed by atoms with Crippen LogP contribution in [-0.2, 0) is 4.79 Å². The highest BCUT2D eigenvalue weighted by Gasteiger charge is 2.20. The van der Waals surface area contributed by atoms with Gasteiger partial charge < -0.3 is 10.8 Å². The molecule has 0 saturated carbocycles. The number of hydrogen-bond acceptors (Lipinski definition) is 2. The highest BCUT2D eigenvalue weighted by atomic mass is 35.5. The molecule has 1 aromatic rings. The summed E-state index contributed by atoms with van der Waals surface area (Å²) in [4.78, 5) is 10.8. The fraction of sp³-hybridized carbons (Fsp3) is 0.300. The third-order valence-corrected chi connectivity index (χ3v) is 2.44. The molecular weight excluding hydrogens is 221 g/mol. The number of carboxylic acid groups (broad SMARTS) is 1. The molecule has 0 bridgehead atoms. The number of nitrogens with two attached hydrogens (primary N) is 1. The molecule has 82 valence electrons. The summed E-state index contributed by atoms with van der Waals surface area (Å²) in [5.74, 6) is -2.41. The summed E-state index contributed by atoms with van der Waals surface area (Å²) in [7, 11) is 0. The zero-order valence-corrected chi connectivity index (χ0v) is 8.88. The predicted molar refractivity (Wildman–Crippen MR) is 55.6 cm³/mol. The molecule has 0 aliphatic rings. The highest BCUT2D eigenvalue weighted by Crippen LogP contribution is 2.25. The molecule has 0 heterocycles. The maximum Gasteiger partial charge on any atom is 0.312 e. The minimum atomic E-state index is -1.04. The SMILES string of the molecule is Cc1cc(C(CN)C(=O)O)cc(Cl)c1F. The maximum absolute atomic E-state index is 13.2. The summed E-state index contributed by atoms with van der Waals surface area (Å²) < 4.78 is 13.2. The molecule has 0 radical (unpaired) electrons. The number of rotatable bonds is 3. The molecule has 15 heavy (non-hydrogen) atoms. The van der Waals surface area contributed by atoms with Gasteiger partial charge >= 0.3 is 5.97 Å². The first-order valence-corrected chi connectivity index (χ1v) is 4.73. The van der Waals surface area contributed by atoms with Gasteiger partial charge in [-0.2, -0.15) is 0 Å². The minimum Gasteiger partial charge on any atom is -0.481 e. The molecule has 0 aliphatic heterocycles. The Balaban J connectivity index is 3.20. The lowest BCUT2D eigenvalue weighted by atomic mass is 9.97. The van der Waals surface area contributed by atoms with Crippen molar-refractivity contribution >= 4 is 17.6 Å². The fourth-order valence-electron chi connectivity index (χ4n) is 1.33. The van der Waals surface area contributed by atoms with Crippen LogP contribution in [0.5, 0.6) is 0 Å². The number of aryl methyl sites for hydroxylation is 1. The highest BCUT2D eigenvalue weighted by molar-refractivity contribution is 6.30. The molecule has 0 fully saturated rings. The minimum absolute atomic E-state index is 0.0449. The summed E-state index contributed by atoms with van der Waals surface area (Å²) in [6.45, 7) is 1.48. The number of aliphatic carboxylic acids is 1. The first-order valence-electron chi connectivity index (χ1n) is 4.35. The molecule has 0 aromatic heterocycles. The van der Waals surface area contributed by atoms with Crippen LogP contribution in [0, 0.1) is 12.7 Å². The summed E-state index contributed by atoms with van der Waals surface area (Å²) >= 11 is 5.62. The molecule has 0 aliphatic carbocycles. The Bertz CT molecular complexity index is 372. The second-order valence-corrected chi connectivity index (χ2v) is 3.67. The van der Waals surface area contributed by atoms with Crippen LogP contribution in [0.3, 0.4) is 0 Å². The van der Waals surface area contributed by atoms with E-state index < -0.39 is 17.7 Å². The van der Waals surface area contributed by atoms with Gasteiger partial charge in [0.1, 0.15) is 5.82 Å². The van der Waals surface area contributed by atoms with Crippen molar-refractivity contribution in [3.63, 3.8) is 0 Å². The van der Waals surface area contributed by atoms with Crippen LogP contribution in [0.25, 0.3) is 0 Å². The second kappa shape index (κ2) is 4.59. The van der Waals surface area contributed by atoms with E-state index in [0.29, 0.717) is 11.1 Å². The van der Waals surface area contributed by atoms with E-state index in [1.165, 1.54) is 19.1 Å². The average Bonchev–Trinajstić information content (AvgIpc) is 2.14. The number of hydrogen-bond donors (Lipinski definition) is 2. The summed E-state index contributed by atoms with van der Waals surface area (Å²) in [6, 6.07) is 2.75. The summed E-state index contributed by atoms with van der Waals surface area (Å²) in [5, 5.41) is 8.78. The first kappa shape index (κ1) is 11.9. The van der Waals surface area contributed by atoms with Crippen LogP contribution in [0.1, 0.15) is 17.0 Å². The van der Waals surface area contributed by atoms with Gasteiger partial charge in [-0.15, -0.1) is 0 Å². The van der Waals surface area contributed by atoms with E-state index in [1.54, 1.807) is 0 Å². The van der Waals surface area contributed by atoms with E-state index >= 15 is 0 Å². The standard InChI is InChI=1S/C10H11ClFNO2/c1-5-2-6(3-8(11)9(5)12)7(4-13)10(14)15/h2-3,7H,4,13H2,1H3,(H,14,15). The Morgan fingerprint density at radius 2 is 2.27 bits per heavy atom. The molecule has 3 nitrogen and oxygen atoms in total. The van der Waals surface area contributed by atoms with Crippen molar-refractivity contribution in [1.29, 1.82) is 0 Å². The number of halogens is 2. The molecule has 1 unspecified atom stereocenters. The van der Waals surface area contributed by atoms with Crippen molar-refractivity contribution in [1.82, 2.24) is 0 Å². The number of benzene rings is 1. The Morgan fingerprint density at radius 1 is 1.67 bits per heavy atom. The van der Waals surface area contributed by atoms with Gasteiger partial charge in [0.25, 0.3) is 0 Å². The van der Waals surface area contributed by atoms with E-state index in [2.05, 4.69) is 0 Å². The van der Waals surface area contributed by atoms with E-state index in [-0.39, 0.29) is 11.6 Å². The van der Waals surface area contributed by atoms with Crippen molar-refractivity contribution in [2.75, 3.05) is 6.54 Å². The Morgan fingerprint density at radius 3 is 2.67 bits per heavy atom. The number of carbonyl (C=O) groups is 1. The molecule has 0 spiro atoms. The van der Waals surface area contributed by atoms with Crippen molar-refractivity contribution < 1.29 is 14.3 Å². The van der Waals surface area contributed by atoms with Crippen molar-refractivity contribution in [2.24, 2.45) is 5.73 Å². The van der Waals surface area contributed by atoms with Crippen LogP contribution >= 0.6 is 11.6 Å². The lowest BCUT2D eigenvalue weighted by molar-refractivity contribution is -0.138. The Labute approximate surface area is 91.7 Å². The molecule has 1 rings (SSSR count). The fourth-order valence-corrected chi connectivity index (χ4v) is 1.61. The van der Waals surface area contributed by atoms with Crippen LogP contribution in [0.2, 0.25) is 5.02 Å². The van der Waals surface area contributed by atoms with Crippen LogP contribution in [-0.4, -0.2) is 17.6 Å². The van der Waals surface area contributed by atoms with E-state index in [9.17, 15) is 9.18 Å². The average molecular weight is 232 g/mol. The predicted octanol–water partition coefficient (Wildman–Crippen LogP) is 1.91. The zero-order chi connectivity index (χ0) is 11.6. The van der Waals surface area contributed by atoms with Gasteiger partial charge in [0.2, 0.25) is 0 Å². The molecule has 1 atom stereocenters. The van der Waals surface area contributed by atoms with E-state index in [1.807, 2.05) is 0 Å². The van der Waals surface area contributed by atoms with Gasteiger partial charge in [0.05, 0.1) is 10.9 Å². The lowest BCUT2D eigenvalue weighted by Crippen LogP contribution is -2.21. The Hall–Kier alpha value is -1.13. The Kier molecular flexibility index (Phi) is 3.66. The molecule has 3 N–H and O–H groups in total. The van der Waals surface area contributed by atoms with Crippen molar-refractivity contribution in [2.45, 2.75) is 12.8 Å². The third-order valence-electron chi connectivity index (χ3n) is 2.17. The molecule has 0 amide bonds. The summed E-state index contributed by atoms with van der Waals surface area (Å²) in [5.41, 5.74) is 6.07. The van der Waals surface area contributed by atoms with Gasteiger partial charge in [-0.3, -0.25) is 4.79 Å². The van der Waals surface area contributed by atoms with Gasteiger partial charge in [0, 0.05) is 6.54 Å². The van der Waals surface area contributed by atoms with Gasteiger partial charge in [-0.05, 0) is 24.1 Å². The normalized spacial score (nSPS) is 12.5. The third kappa shape index (κ3) is 2.46. The van der Waals surface area contributed by atoms with E-state index in [4.69, 9.17) is 22.4 Å². The zero-order valence-electron chi connectivity index (χ0n) is 8.13. The second-order valence-electron chi connectivity index (χ2n) is 3.26. The van der Waals surface area contributed by atoms with Crippen molar-refractivity contribution in [3.05, 3.63) is 34.1 Å². The van der Waals surface area contributed by atoms with Crippen molar-refractivity contribution in [3.8, 4) is 0 Å². The quantitative estimate of drug-likeness (QED) is 0.835. The molecule has 5 heteroatoms. The van der Waals surface area contributed by atoms with Crippen LogP contribution in [0.15, 0.2) is 12.1 Å². The van der Waals surface area contributed by atoms with E-state index in [0.717, 1.165) is 0 Å². The first-order chi connectivity index (χ1) is 6.97. The monoisotopic (exact) mass is 231 g/mol. The van der Waals surface area contributed by atoms with Gasteiger partial charge in [-0.25, -0.2) is 4.39 Å². The topological polar surface area (TPSA) is 63.3 Å². The van der Waals surface area contributed by atoms with Crippen LogP contribution in [0.4, 0.5) is 4.39 Å². The molecular formula is C10H11ClFNO2. The number of carboxylic acids is 1. The van der Waals surface area contributed by atoms with Gasteiger partial charge in [0.15, 0.2) is 0 Å². The molecule has 1 aromatic carbocycles. The smallest absolute Gasteiger partial charge is 0.312 e. The van der Waals surface area contributed by atoms with Crippen LogP contribution < -0.4 is 5.73 Å².